The molecule has 1 heterocycles. The normalized spacial score (nSPS) is 12.4. The Bertz CT molecular complexity index is 708. The molecule has 0 unspecified atom stereocenters. The molecule has 106 valence electrons. The summed E-state index contributed by atoms with van der Waals surface area (Å²) in [5, 5.41) is 4.95. The second kappa shape index (κ2) is 4.88. The number of aromatic nitrogens is 1. The minimum absolute atomic E-state index is 0.0684. The third-order valence-corrected chi connectivity index (χ3v) is 3.50. The van der Waals surface area contributed by atoms with Crippen LogP contribution in [0.25, 0.3) is 11.1 Å². The van der Waals surface area contributed by atoms with Gasteiger partial charge in [0.05, 0.1) is 4.90 Å². The highest BCUT2D eigenvalue weighted by Gasteiger charge is 2.32. The second-order valence-electron chi connectivity index (χ2n) is 4.00. The van der Waals surface area contributed by atoms with Crippen molar-refractivity contribution in [2.45, 2.75) is 11.1 Å². The van der Waals surface area contributed by atoms with Crippen molar-refractivity contribution < 1.29 is 21.6 Å². The highest BCUT2D eigenvalue weighted by Crippen LogP contribution is 2.29. The van der Waals surface area contributed by atoms with Crippen molar-refractivity contribution in [2.75, 3.05) is 0 Å². The summed E-state index contributed by atoms with van der Waals surface area (Å²) in [6.45, 7) is 0. The van der Waals surface area contributed by atoms with Crippen LogP contribution in [0.1, 0.15) is 5.69 Å². The van der Waals surface area contributed by atoms with Crippen LogP contribution in [0.3, 0.4) is 0 Å². The molecule has 2 rings (SSSR count). The molecular formula is C12H9F3N2O2S. The Morgan fingerprint density at radius 2 is 1.50 bits per heavy atom. The first kappa shape index (κ1) is 14.5. The number of sulfonamides is 1. The number of primary sulfonamides is 1. The van der Waals surface area contributed by atoms with Crippen LogP contribution < -0.4 is 5.14 Å². The molecule has 1 aromatic carbocycles. The summed E-state index contributed by atoms with van der Waals surface area (Å²) in [4.78, 5) is 3.26. The lowest BCUT2D eigenvalue weighted by Crippen LogP contribution is -2.11. The molecule has 4 nitrogen and oxygen atoms in total. The first-order valence-corrected chi connectivity index (χ1v) is 6.89. The molecular weight excluding hydrogens is 293 g/mol. The number of rotatable bonds is 2. The van der Waals surface area contributed by atoms with Crippen LogP contribution in [0.15, 0.2) is 47.5 Å². The molecule has 20 heavy (non-hydrogen) atoms. The first-order valence-electron chi connectivity index (χ1n) is 5.34. The molecule has 0 saturated carbocycles. The highest BCUT2D eigenvalue weighted by atomic mass is 32.2. The van der Waals surface area contributed by atoms with Gasteiger partial charge in [0.25, 0.3) is 0 Å². The number of pyridine rings is 1. The van der Waals surface area contributed by atoms with Crippen molar-refractivity contribution in [2.24, 2.45) is 5.14 Å². The van der Waals surface area contributed by atoms with E-state index >= 15 is 0 Å². The quantitative estimate of drug-likeness (QED) is 0.926. The van der Waals surface area contributed by atoms with Crippen LogP contribution in [0.2, 0.25) is 0 Å². The molecule has 0 bridgehead atoms. The van der Waals surface area contributed by atoms with Gasteiger partial charge in [0, 0.05) is 11.8 Å². The van der Waals surface area contributed by atoms with Gasteiger partial charge < -0.3 is 0 Å². The van der Waals surface area contributed by atoms with Crippen LogP contribution >= 0.6 is 0 Å². The van der Waals surface area contributed by atoms with Gasteiger partial charge in [-0.3, -0.25) is 4.98 Å². The van der Waals surface area contributed by atoms with E-state index in [2.05, 4.69) is 4.98 Å². The largest absolute Gasteiger partial charge is 0.433 e. The Balaban J connectivity index is 2.33. The highest BCUT2D eigenvalue weighted by molar-refractivity contribution is 7.89. The Labute approximate surface area is 113 Å². The Morgan fingerprint density at radius 3 is 1.90 bits per heavy atom. The van der Waals surface area contributed by atoms with E-state index in [4.69, 9.17) is 5.14 Å². The molecule has 0 fully saturated rings. The zero-order chi connectivity index (χ0) is 15.0. The van der Waals surface area contributed by atoms with Crippen LogP contribution in [0.5, 0.6) is 0 Å². The van der Waals surface area contributed by atoms with E-state index in [9.17, 15) is 21.6 Å². The third kappa shape index (κ3) is 3.14. The first-order chi connectivity index (χ1) is 9.18. The summed E-state index contributed by atoms with van der Waals surface area (Å²) in [6.07, 6.45) is -3.41. The molecule has 0 amide bonds. The summed E-state index contributed by atoms with van der Waals surface area (Å²) in [7, 11) is -3.79. The minimum atomic E-state index is -4.49. The van der Waals surface area contributed by atoms with Gasteiger partial charge >= 0.3 is 6.18 Å². The average molecular weight is 302 g/mol. The summed E-state index contributed by atoms with van der Waals surface area (Å²) in [5.74, 6) is 0. The van der Waals surface area contributed by atoms with Gasteiger partial charge in [-0.25, -0.2) is 13.6 Å². The standard InChI is InChI=1S/C12H9F3N2O2S/c13-12(14,15)11-6-3-9(7-17-11)8-1-4-10(5-2-8)20(16,18)19/h1-7H,(H2,16,18,19). The van der Waals surface area contributed by atoms with E-state index < -0.39 is 21.9 Å². The van der Waals surface area contributed by atoms with Crippen molar-refractivity contribution in [1.29, 1.82) is 0 Å². The summed E-state index contributed by atoms with van der Waals surface area (Å²) < 4.78 is 59.2. The van der Waals surface area contributed by atoms with Crippen LogP contribution in [-0.2, 0) is 16.2 Å². The maximum atomic E-state index is 12.4. The zero-order valence-corrected chi connectivity index (χ0v) is 10.7. The predicted octanol–water partition coefficient (Wildman–Crippen LogP) is 2.41. The van der Waals surface area contributed by atoms with E-state index in [0.29, 0.717) is 11.1 Å². The Hall–Kier alpha value is -1.93. The summed E-state index contributed by atoms with van der Waals surface area (Å²) in [5.41, 5.74) is 0.000000000000000444. The number of alkyl halides is 3. The average Bonchev–Trinajstić information content (AvgIpc) is 2.37. The Morgan fingerprint density at radius 1 is 0.950 bits per heavy atom. The van der Waals surface area contributed by atoms with Crippen molar-refractivity contribution >= 4 is 10.0 Å². The van der Waals surface area contributed by atoms with Gasteiger partial charge in [-0.15, -0.1) is 0 Å². The molecule has 8 heteroatoms. The molecule has 0 saturated heterocycles. The van der Waals surface area contributed by atoms with E-state index in [-0.39, 0.29) is 4.90 Å². The van der Waals surface area contributed by atoms with Crippen LogP contribution in [0.4, 0.5) is 13.2 Å². The molecule has 0 atom stereocenters. The molecule has 0 aliphatic carbocycles. The number of nitrogens with zero attached hydrogens (tertiary/aromatic N) is 1. The second-order valence-corrected chi connectivity index (χ2v) is 5.56. The van der Waals surface area contributed by atoms with Crippen molar-refractivity contribution in [3.8, 4) is 11.1 Å². The van der Waals surface area contributed by atoms with Gasteiger partial charge in [-0.2, -0.15) is 13.2 Å². The lowest BCUT2D eigenvalue weighted by molar-refractivity contribution is -0.141. The van der Waals surface area contributed by atoms with Crippen molar-refractivity contribution in [3.63, 3.8) is 0 Å². The third-order valence-electron chi connectivity index (χ3n) is 2.57. The van der Waals surface area contributed by atoms with Crippen molar-refractivity contribution in [3.05, 3.63) is 48.3 Å². The zero-order valence-electron chi connectivity index (χ0n) is 9.92. The van der Waals surface area contributed by atoms with Crippen molar-refractivity contribution in [1.82, 2.24) is 4.98 Å². The van der Waals surface area contributed by atoms with Gasteiger partial charge in [-0.05, 0) is 23.8 Å². The lowest BCUT2D eigenvalue weighted by Gasteiger charge is -2.07. The van der Waals surface area contributed by atoms with Crippen LogP contribution in [0, 0.1) is 0 Å². The summed E-state index contributed by atoms with van der Waals surface area (Å²) >= 11 is 0. The number of benzene rings is 1. The molecule has 1 aromatic heterocycles. The minimum Gasteiger partial charge on any atom is -0.251 e. The fourth-order valence-electron chi connectivity index (χ4n) is 1.57. The number of hydrogen-bond donors (Lipinski definition) is 1. The maximum absolute atomic E-state index is 12.4. The van der Waals surface area contributed by atoms with Gasteiger partial charge in [0.1, 0.15) is 5.69 Å². The molecule has 2 aromatic rings. The van der Waals surface area contributed by atoms with E-state index in [1.165, 1.54) is 30.3 Å². The molecule has 0 aliphatic rings. The number of hydrogen-bond acceptors (Lipinski definition) is 3. The summed E-state index contributed by atoms with van der Waals surface area (Å²) in [6, 6.07) is 7.59. The van der Waals surface area contributed by atoms with Gasteiger partial charge in [-0.1, -0.05) is 18.2 Å². The number of nitrogens with two attached hydrogens (primary N) is 1. The lowest BCUT2D eigenvalue weighted by atomic mass is 10.1. The SMILES string of the molecule is NS(=O)(=O)c1ccc(-c2ccc(C(F)(F)F)nc2)cc1. The molecule has 0 aliphatic heterocycles. The van der Waals surface area contributed by atoms with Gasteiger partial charge in [0.15, 0.2) is 0 Å². The monoisotopic (exact) mass is 302 g/mol. The van der Waals surface area contributed by atoms with E-state index in [1.807, 2.05) is 0 Å². The smallest absolute Gasteiger partial charge is 0.251 e. The molecule has 0 spiro atoms. The predicted molar refractivity (Wildman–Crippen MR) is 66.0 cm³/mol. The topological polar surface area (TPSA) is 73.1 Å². The molecule has 0 radical (unpaired) electrons. The maximum Gasteiger partial charge on any atom is 0.433 e. The van der Waals surface area contributed by atoms with Crippen LogP contribution in [-0.4, -0.2) is 13.4 Å². The molecule has 2 N–H and O–H groups in total. The fourth-order valence-corrected chi connectivity index (χ4v) is 2.08. The van der Waals surface area contributed by atoms with E-state index in [1.54, 1.807) is 0 Å². The fraction of sp³-hybridized carbons (Fsp3) is 0.0833. The Kier molecular flexibility index (Phi) is 3.53. The van der Waals surface area contributed by atoms with E-state index in [0.717, 1.165) is 12.3 Å². The number of halogens is 3. The van der Waals surface area contributed by atoms with Gasteiger partial charge in [0.2, 0.25) is 10.0 Å².